The van der Waals surface area contributed by atoms with Crippen molar-refractivity contribution in [3.8, 4) is 0 Å². The van der Waals surface area contributed by atoms with Crippen LogP contribution in [0.2, 0.25) is 0 Å². The Morgan fingerprint density at radius 2 is 1.77 bits per heavy atom. The van der Waals surface area contributed by atoms with Crippen LogP contribution in [0.15, 0.2) is 64.9 Å². The monoisotopic (exact) mass is 421 g/mol. The van der Waals surface area contributed by atoms with E-state index in [-0.39, 0.29) is 17.1 Å². The average Bonchev–Trinajstić information content (AvgIpc) is 3.16. The molecule has 160 valence electrons. The van der Waals surface area contributed by atoms with E-state index in [1.165, 1.54) is 33.1 Å². The second-order valence-electron chi connectivity index (χ2n) is 8.04. The van der Waals surface area contributed by atoms with E-state index in [2.05, 4.69) is 0 Å². The first-order valence-corrected chi connectivity index (χ1v) is 9.40. The summed E-state index contributed by atoms with van der Waals surface area (Å²) in [6.45, 7) is 4.55. The lowest BCUT2D eigenvalue weighted by Crippen LogP contribution is -2.50. The number of nitrogens with zero attached hydrogens (tertiary/aromatic N) is 1. The second-order valence-corrected chi connectivity index (χ2v) is 8.04. The minimum absolute atomic E-state index is 0.109. The number of carbonyl (C=O) groups is 2. The van der Waals surface area contributed by atoms with Crippen LogP contribution in [0.5, 0.6) is 0 Å². The fourth-order valence-corrected chi connectivity index (χ4v) is 3.36. The standard InChI is InChI=1S/C22H22F3NO4/c1-21(2,3)30-20(28)26-18(22(23,24)25)13-15(17-10-7-11-29-17)16(19(26)27)12-14-8-5-4-6-9-14/h4-11,13,15-16H,12H2,1-3H3/t15-,16-/m0/s1. The number of furan rings is 1. The summed E-state index contributed by atoms with van der Waals surface area (Å²) in [5, 5.41) is 0. The van der Waals surface area contributed by atoms with Crippen molar-refractivity contribution in [1.82, 2.24) is 4.90 Å². The first-order valence-electron chi connectivity index (χ1n) is 9.40. The molecule has 2 atom stereocenters. The molecule has 5 nitrogen and oxygen atoms in total. The lowest BCUT2D eigenvalue weighted by Gasteiger charge is -2.36. The van der Waals surface area contributed by atoms with Gasteiger partial charge in [-0.05, 0) is 51.0 Å². The Kier molecular flexibility index (Phi) is 5.78. The normalized spacial score (nSPS) is 20.1. The smallest absolute Gasteiger partial charge is 0.431 e. The molecule has 2 aromatic rings. The Labute approximate surface area is 172 Å². The molecule has 30 heavy (non-hydrogen) atoms. The highest BCUT2D eigenvalue weighted by Crippen LogP contribution is 2.42. The summed E-state index contributed by atoms with van der Waals surface area (Å²) in [4.78, 5) is 26.0. The minimum atomic E-state index is -4.94. The van der Waals surface area contributed by atoms with Gasteiger partial charge in [-0.2, -0.15) is 13.2 Å². The third-order valence-corrected chi connectivity index (χ3v) is 4.59. The largest absolute Gasteiger partial charge is 0.469 e. The van der Waals surface area contributed by atoms with Gasteiger partial charge < -0.3 is 9.15 Å². The molecular formula is C22H22F3NO4. The highest BCUT2D eigenvalue weighted by molar-refractivity contribution is 5.97. The van der Waals surface area contributed by atoms with Gasteiger partial charge in [0.15, 0.2) is 0 Å². The molecule has 0 bridgehead atoms. The third-order valence-electron chi connectivity index (χ3n) is 4.59. The molecule has 1 aliphatic rings. The van der Waals surface area contributed by atoms with Crippen LogP contribution < -0.4 is 0 Å². The van der Waals surface area contributed by atoms with Crippen molar-refractivity contribution in [2.75, 3.05) is 0 Å². The van der Waals surface area contributed by atoms with Crippen LogP contribution in [-0.2, 0) is 16.0 Å². The Morgan fingerprint density at radius 3 is 2.30 bits per heavy atom. The summed E-state index contributed by atoms with van der Waals surface area (Å²) in [7, 11) is 0. The van der Waals surface area contributed by atoms with Crippen LogP contribution in [0.1, 0.15) is 38.0 Å². The van der Waals surface area contributed by atoms with Gasteiger partial charge in [0.1, 0.15) is 17.1 Å². The van der Waals surface area contributed by atoms with Gasteiger partial charge in [0.25, 0.3) is 0 Å². The molecule has 1 aromatic heterocycles. The number of amides is 2. The van der Waals surface area contributed by atoms with Crippen molar-refractivity contribution in [3.05, 3.63) is 71.8 Å². The van der Waals surface area contributed by atoms with Crippen molar-refractivity contribution >= 4 is 12.0 Å². The van der Waals surface area contributed by atoms with Crippen molar-refractivity contribution < 1.29 is 31.9 Å². The molecule has 1 aromatic carbocycles. The fourth-order valence-electron chi connectivity index (χ4n) is 3.36. The molecule has 2 heterocycles. The molecule has 0 saturated heterocycles. The number of allylic oxidation sites excluding steroid dienone is 2. The number of imide groups is 1. The summed E-state index contributed by atoms with van der Waals surface area (Å²) in [6, 6.07) is 11.9. The number of halogens is 3. The van der Waals surface area contributed by atoms with E-state index in [9.17, 15) is 22.8 Å². The molecule has 0 unspecified atom stereocenters. The van der Waals surface area contributed by atoms with E-state index >= 15 is 0 Å². The number of hydrogen-bond donors (Lipinski definition) is 0. The molecule has 0 aliphatic carbocycles. The number of hydrogen-bond acceptors (Lipinski definition) is 4. The molecule has 0 N–H and O–H groups in total. The number of rotatable bonds is 3. The minimum Gasteiger partial charge on any atom is -0.469 e. The van der Waals surface area contributed by atoms with Crippen LogP contribution in [0.3, 0.4) is 0 Å². The summed E-state index contributed by atoms with van der Waals surface area (Å²) in [5.74, 6) is -2.72. The molecule has 0 spiro atoms. The molecular weight excluding hydrogens is 399 g/mol. The number of ether oxygens (including phenoxy) is 1. The third kappa shape index (κ3) is 4.75. The zero-order chi connectivity index (χ0) is 22.1. The van der Waals surface area contributed by atoms with Gasteiger partial charge in [-0.25, -0.2) is 9.69 Å². The van der Waals surface area contributed by atoms with E-state index in [1.807, 2.05) is 0 Å². The highest BCUT2D eigenvalue weighted by Gasteiger charge is 2.51. The number of carbonyl (C=O) groups excluding carboxylic acids is 2. The Bertz CT molecular complexity index is 928. The molecule has 3 rings (SSSR count). The van der Waals surface area contributed by atoms with Crippen LogP contribution in [-0.4, -0.2) is 28.7 Å². The van der Waals surface area contributed by atoms with Gasteiger partial charge in [0.05, 0.1) is 12.2 Å². The zero-order valence-corrected chi connectivity index (χ0v) is 16.8. The quantitative estimate of drug-likeness (QED) is 0.662. The first kappa shape index (κ1) is 21.7. The number of alkyl halides is 3. The highest BCUT2D eigenvalue weighted by atomic mass is 19.4. The summed E-state index contributed by atoms with van der Waals surface area (Å²) >= 11 is 0. The van der Waals surface area contributed by atoms with Crippen LogP contribution >= 0.6 is 0 Å². The van der Waals surface area contributed by atoms with Gasteiger partial charge in [-0.1, -0.05) is 30.3 Å². The van der Waals surface area contributed by atoms with E-state index in [0.29, 0.717) is 0 Å². The van der Waals surface area contributed by atoms with Crippen molar-refractivity contribution in [2.24, 2.45) is 5.92 Å². The molecule has 0 saturated carbocycles. The summed E-state index contributed by atoms with van der Waals surface area (Å²) in [6.07, 6.45) is -3.95. The van der Waals surface area contributed by atoms with Gasteiger partial charge in [-0.3, -0.25) is 4.79 Å². The van der Waals surface area contributed by atoms with Crippen molar-refractivity contribution in [2.45, 2.75) is 44.9 Å². The Morgan fingerprint density at radius 1 is 1.10 bits per heavy atom. The van der Waals surface area contributed by atoms with E-state index in [4.69, 9.17) is 9.15 Å². The van der Waals surface area contributed by atoms with Gasteiger partial charge in [0.2, 0.25) is 5.91 Å². The van der Waals surface area contributed by atoms with Crippen molar-refractivity contribution in [1.29, 1.82) is 0 Å². The van der Waals surface area contributed by atoms with Crippen LogP contribution in [0.4, 0.5) is 18.0 Å². The first-order chi connectivity index (χ1) is 14.0. The lowest BCUT2D eigenvalue weighted by molar-refractivity contribution is -0.147. The summed E-state index contributed by atoms with van der Waals surface area (Å²) in [5.41, 5.74) is -1.69. The lowest BCUT2D eigenvalue weighted by atomic mass is 9.81. The predicted molar refractivity (Wildman–Crippen MR) is 102 cm³/mol. The van der Waals surface area contributed by atoms with Gasteiger partial charge in [-0.15, -0.1) is 0 Å². The maximum Gasteiger partial charge on any atom is 0.431 e. The maximum absolute atomic E-state index is 13.8. The molecule has 2 amide bonds. The topological polar surface area (TPSA) is 59.8 Å². The predicted octanol–water partition coefficient (Wildman–Crippen LogP) is 5.45. The zero-order valence-electron chi connectivity index (χ0n) is 16.8. The van der Waals surface area contributed by atoms with E-state index in [0.717, 1.165) is 11.6 Å². The molecule has 8 heteroatoms. The average molecular weight is 421 g/mol. The fraction of sp³-hybridized carbons (Fsp3) is 0.364. The Hall–Kier alpha value is -3.03. The van der Waals surface area contributed by atoms with Crippen molar-refractivity contribution in [3.63, 3.8) is 0 Å². The van der Waals surface area contributed by atoms with Gasteiger partial charge in [0, 0.05) is 5.92 Å². The van der Waals surface area contributed by atoms with E-state index < -0.39 is 41.3 Å². The van der Waals surface area contributed by atoms with Gasteiger partial charge >= 0.3 is 12.3 Å². The molecule has 0 fully saturated rings. The SMILES string of the molecule is CC(C)(C)OC(=O)N1C(=O)[C@@H](Cc2ccccc2)[C@@H](c2ccco2)C=C1C(F)(F)F. The van der Waals surface area contributed by atoms with Crippen LogP contribution in [0, 0.1) is 5.92 Å². The Balaban J connectivity index is 2.09. The second kappa shape index (κ2) is 8.01. The summed E-state index contributed by atoms with van der Waals surface area (Å²) < 4.78 is 51.9. The van der Waals surface area contributed by atoms with E-state index in [1.54, 1.807) is 36.4 Å². The molecule has 1 aliphatic heterocycles. The van der Waals surface area contributed by atoms with Crippen LogP contribution in [0.25, 0.3) is 0 Å². The number of benzene rings is 1. The molecule has 0 radical (unpaired) electrons. The maximum atomic E-state index is 13.8.